The highest BCUT2D eigenvalue weighted by Crippen LogP contribution is 2.17. The Kier molecular flexibility index (Phi) is 9.30. The van der Waals surface area contributed by atoms with Gasteiger partial charge in [-0.3, -0.25) is 0 Å². The van der Waals surface area contributed by atoms with E-state index < -0.39 is 8.80 Å². The van der Waals surface area contributed by atoms with Crippen LogP contribution >= 0.6 is 12.6 Å². The summed E-state index contributed by atoms with van der Waals surface area (Å²) in [6.45, 7) is 2.99. The zero-order valence-corrected chi connectivity index (χ0v) is 13.8. The number of hydrogen-bond donors (Lipinski definition) is 1. The molecule has 0 bridgehead atoms. The van der Waals surface area contributed by atoms with Crippen LogP contribution in [0.3, 0.4) is 0 Å². The fourth-order valence-corrected chi connectivity index (χ4v) is 4.16. The number of epoxide rings is 1. The van der Waals surface area contributed by atoms with Crippen molar-refractivity contribution in [3.63, 3.8) is 0 Å². The second kappa shape index (κ2) is 10.1. The van der Waals surface area contributed by atoms with Crippen molar-refractivity contribution >= 4 is 21.4 Å². The molecular formula is C12H26O5SSi. The molecule has 1 rings (SSSR count). The first-order chi connectivity index (χ1) is 9.26. The lowest BCUT2D eigenvalue weighted by Crippen LogP contribution is -2.44. The molecule has 0 aliphatic carbocycles. The average Bonchev–Trinajstić information content (AvgIpc) is 3.26. The van der Waals surface area contributed by atoms with E-state index in [2.05, 4.69) is 12.6 Å². The highest BCUT2D eigenvalue weighted by atomic mass is 32.1. The maximum absolute atomic E-state index is 5.85. The van der Waals surface area contributed by atoms with Crippen LogP contribution in [0.2, 0.25) is 6.04 Å². The van der Waals surface area contributed by atoms with Gasteiger partial charge in [0.05, 0.1) is 13.2 Å². The van der Waals surface area contributed by atoms with Crippen molar-refractivity contribution in [2.45, 2.75) is 31.4 Å². The SMILES string of the molecule is CO[Si](CCCS)(OC)OCCCCOCC1CO1. The molecule has 1 unspecified atom stereocenters. The number of ether oxygens (including phenoxy) is 2. The van der Waals surface area contributed by atoms with E-state index in [-0.39, 0.29) is 0 Å². The molecule has 1 fully saturated rings. The summed E-state index contributed by atoms with van der Waals surface area (Å²) < 4.78 is 27.3. The van der Waals surface area contributed by atoms with E-state index in [9.17, 15) is 0 Å². The summed E-state index contributed by atoms with van der Waals surface area (Å²) in [6, 6.07) is 0.818. The summed E-state index contributed by atoms with van der Waals surface area (Å²) in [5.74, 6) is 0.821. The summed E-state index contributed by atoms with van der Waals surface area (Å²) in [5.41, 5.74) is 0. The van der Waals surface area contributed by atoms with Crippen molar-refractivity contribution in [3.05, 3.63) is 0 Å². The largest absolute Gasteiger partial charge is 0.500 e. The second-order valence-electron chi connectivity index (χ2n) is 4.50. The second-order valence-corrected chi connectivity index (χ2v) is 7.92. The number of hydrogen-bond acceptors (Lipinski definition) is 6. The van der Waals surface area contributed by atoms with E-state index in [0.717, 1.165) is 50.9 Å². The van der Waals surface area contributed by atoms with Crippen LogP contribution in [-0.2, 0) is 22.8 Å². The normalized spacial score (nSPS) is 18.8. The van der Waals surface area contributed by atoms with Gasteiger partial charge in [-0.2, -0.15) is 12.6 Å². The van der Waals surface area contributed by atoms with Gasteiger partial charge in [-0.1, -0.05) is 0 Å². The molecule has 0 saturated carbocycles. The van der Waals surface area contributed by atoms with Crippen LogP contribution in [0.5, 0.6) is 0 Å². The Morgan fingerprint density at radius 3 is 2.42 bits per heavy atom. The molecule has 0 aromatic carbocycles. The van der Waals surface area contributed by atoms with Gasteiger partial charge in [0.15, 0.2) is 0 Å². The fourth-order valence-electron chi connectivity index (χ4n) is 1.69. The van der Waals surface area contributed by atoms with Crippen molar-refractivity contribution in [2.75, 3.05) is 46.4 Å². The fraction of sp³-hybridized carbons (Fsp3) is 1.00. The quantitative estimate of drug-likeness (QED) is 0.243. The summed E-state index contributed by atoms with van der Waals surface area (Å²) in [6.07, 6.45) is 3.23. The van der Waals surface area contributed by atoms with E-state index in [1.807, 2.05) is 0 Å². The Labute approximate surface area is 122 Å². The predicted molar refractivity (Wildman–Crippen MR) is 78.8 cm³/mol. The van der Waals surface area contributed by atoms with E-state index in [1.165, 1.54) is 0 Å². The number of unbranched alkanes of at least 4 members (excludes halogenated alkanes) is 1. The number of rotatable bonds is 13. The van der Waals surface area contributed by atoms with Crippen molar-refractivity contribution in [1.82, 2.24) is 0 Å². The predicted octanol–water partition coefficient (Wildman–Crippen LogP) is 1.75. The van der Waals surface area contributed by atoms with Crippen LogP contribution in [0, 0.1) is 0 Å². The Balaban J connectivity index is 2.02. The first-order valence-corrected chi connectivity index (χ1v) is 9.37. The lowest BCUT2D eigenvalue weighted by molar-refractivity contribution is 0.0847. The van der Waals surface area contributed by atoms with Crippen LogP contribution in [0.4, 0.5) is 0 Å². The molecule has 0 radical (unpaired) electrons. The maximum Gasteiger partial charge on any atom is 0.500 e. The molecule has 1 atom stereocenters. The molecule has 114 valence electrons. The van der Waals surface area contributed by atoms with Gasteiger partial charge in [-0.25, -0.2) is 0 Å². The molecule has 0 aromatic heterocycles. The molecule has 1 aliphatic rings. The van der Waals surface area contributed by atoms with Crippen molar-refractivity contribution in [2.24, 2.45) is 0 Å². The molecule has 1 heterocycles. The lowest BCUT2D eigenvalue weighted by Gasteiger charge is -2.26. The minimum absolute atomic E-state index is 0.347. The van der Waals surface area contributed by atoms with Crippen molar-refractivity contribution in [1.29, 1.82) is 0 Å². The Morgan fingerprint density at radius 1 is 1.16 bits per heavy atom. The molecule has 1 saturated heterocycles. The van der Waals surface area contributed by atoms with Gasteiger partial charge >= 0.3 is 8.80 Å². The molecule has 0 spiro atoms. The zero-order chi connectivity index (χ0) is 14.0. The molecule has 7 heteroatoms. The third kappa shape index (κ3) is 7.65. The Hall–Kier alpha value is 0.367. The van der Waals surface area contributed by atoms with Crippen molar-refractivity contribution < 1.29 is 22.8 Å². The zero-order valence-electron chi connectivity index (χ0n) is 11.9. The summed E-state index contributed by atoms with van der Waals surface area (Å²) in [4.78, 5) is 0. The summed E-state index contributed by atoms with van der Waals surface area (Å²) in [5, 5.41) is 0. The van der Waals surface area contributed by atoms with Gasteiger partial charge in [0, 0.05) is 33.5 Å². The van der Waals surface area contributed by atoms with Gasteiger partial charge in [0.1, 0.15) is 6.10 Å². The average molecular weight is 310 g/mol. The van der Waals surface area contributed by atoms with E-state index in [0.29, 0.717) is 12.7 Å². The van der Waals surface area contributed by atoms with Gasteiger partial charge in [0.25, 0.3) is 0 Å². The van der Waals surface area contributed by atoms with Crippen molar-refractivity contribution in [3.8, 4) is 0 Å². The Morgan fingerprint density at radius 2 is 1.84 bits per heavy atom. The molecule has 0 amide bonds. The van der Waals surface area contributed by atoms with Crippen LogP contribution < -0.4 is 0 Å². The monoisotopic (exact) mass is 310 g/mol. The Bertz CT molecular complexity index is 224. The smallest absolute Gasteiger partial charge is 0.379 e. The molecule has 5 nitrogen and oxygen atoms in total. The highest BCUT2D eigenvalue weighted by Gasteiger charge is 2.37. The first kappa shape index (κ1) is 17.4. The minimum Gasteiger partial charge on any atom is -0.379 e. The highest BCUT2D eigenvalue weighted by molar-refractivity contribution is 7.80. The molecule has 1 aliphatic heterocycles. The van der Waals surface area contributed by atoms with E-state index in [1.54, 1.807) is 14.2 Å². The van der Waals surface area contributed by atoms with Gasteiger partial charge in [0.2, 0.25) is 0 Å². The molecular weight excluding hydrogens is 284 g/mol. The first-order valence-electron chi connectivity index (χ1n) is 6.81. The van der Waals surface area contributed by atoms with E-state index >= 15 is 0 Å². The maximum atomic E-state index is 5.85. The molecule has 19 heavy (non-hydrogen) atoms. The third-order valence-electron chi connectivity index (χ3n) is 2.97. The lowest BCUT2D eigenvalue weighted by atomic mass is 10.3. The van der Waals surface area contributed by atoms with Crippen LogP contribution in [-0.4, -0.2) is 61.3 Å². The molecule has 0 aromatic rings. The standard InChI is InChI=1S/C12H26O5SSi/c1-13-19(14-2,9-5-8-18)17-7-4-3-6-15-10-12-11-16-12/h12,18H,3-11H2,1-2H3. The topological polar surface area (TPSA) is 49.5 Å². The van der Waals surface area contributed by atoms with E-state index in [4.69, 9.17) is 22.8 Å². The summed E-state index contributed by atoms with van der Waals surface area (Å²) >= 11 is 4.21. The summed E-state index contributed by atoms with van der Waals surface area (Å²) in [7, 11) is 0.869. The van der Waals surface area contributed by atoms with Gasteiger partial charge in [-0.15, -0.1) is 0 Å². The van der Waals surface area contributed by atoms with Crippen LogP contribution in [0.1, 0.15) is 19.3 Å². The molecule has 0 N–H and O–H groups in total. The minimum atomic E-state index is -2.45. The van der Waals surface area contributed by atoms with Gasteiger partial charge < -0.3 is 22.8 Å². The number of thiol groups is 1. The van der Waals surface area contributed by atoms with Crippen LogP contribution in [0.25, 0.3) is 0 Å². The van der Waals surface area contributed by atoms with Gasteiger partial charge in [-0.05, 0) is 25.0 Å². The van der Waals surface area contributed by atoms with Crippen LogP contribution in [0.15, 0.2) is 0 Å². The third-order valence-corrected chi connectivity index (χ3v) is 6.14.